The van der Waals surface area contributed by atoms with Gasteiger partial charge < -0.3 is 0 Å². The first-order valence-corrected chi connectivity index (χ1v) is 10.9. The number of aryl methyl sites for hydroxylation is 1. The molecule has 2 aromatic rings. The van der Waals surface area contributed by atoms with E-state index in [0.717, 1.165) is 12.0 Å². The van der Waals surface area contributed by atoms with Crippen LogP contribution in [0.15, 0.2) is 48.5 Å². The molecule has 0 amide bonds. The molecular weight excluding hydrogens is 368 g/mol. The van der Waals surface area contributed by atoms with Gasteiger partial charge in [0.05, 0.1) is 0 Å². The van der Waals surface area contributed by atoms with Crippen LogP contribution < -0.4 is 0 Å². The van der Waals surface area contributed by atoms with Gasteiger partial charge in [0.25, 0.3) is 0 Å². The van der Waals surface area contributed by atoms with Gasteiger partial charge in [-0.15, -0.1) is 0 Å². The summed E-state index contributed by atoms with van der Waals surface area (Å²) in [4.78, 5) is 22.0. The highest BCUT2D eigenvalue weighted by Crippen LogP contribution is 2.20. The smallest absolute Gasteiger partial charge is 0.163 e. The van der Waals surface area contributed by atoms with E-state index < -0.39 is 0 Å². The van der Waals surface area contributed by atoms with E-state index >= 15 is 0 Å². The van der Waals surface area contributed by atoms with Gasteiger partial charge in [-0.25, -0.2) is 0 Å². The molecule has 0 spiro atoms. The third-order valence-corrected chi connectivity index (χ3v) is 3.83. The van der Waals surface area contributed by atoms with Crippen LogP contribution in [0.5, 0.6) is 0 Å². The van der Waals surface area contributed by atoms with Gasteiger partial charge in [-0.1, -0.05) is 104 Å². The van der Waals surface area contributed by atoms with Crippen molar-refractivity contribution in [1.82, 2.24) is 0 Å². The maximum Gasteiger partial charge on any atom is 0.163 e. The molecule has 0 unspecified atom stereocenters. The summed E-state index contributed by atoms with van der Waals surface area (Å²) < 4.78 is 0. The number of Topliss-reactive ketones (excluding diaryl/α,β-unsaturated/α-hetero) is 2. The Hall–Kier alpha value is -2.22. The predicted molar refractivity (Wildman–Crippen MR) is 128 cm³/mol. The topological polar surface area (TPSA) is 34.1 Å². The van der Waals surface area contributed by atoms with E-state index in [1.165, 1.54) is 16.7 Å². The van der Waals surface area contributed by atoms with Crippen molar-refractivity contribution in [2.45, 2.75) is 81.1 Å². The van der Waals surface area contributed by atoms with E-state index in [0.29, 0.717) is 41.7 Å². The largest absolute Gasteiger partial charge is 0.299 e. The maximum absolute atomic E-state index is 11.1. The molecule has 2 nitrogen and oxygen atoms in total. The summed E-state index contributed by atoms with van der Waals surface area (Å²) in [6.07, 6.45) is 2.95. The molecule has 0 heterocycles. The monoisotopic (exact) mass is 408 g/mol. The molecule has 0 aliphatic heterocycles. The number of carbonyl (C=O) groups excluding carboxylic acids is 2. The van der Waals surface area contributed by atoms with Crippen molar-refractivity contribution in [3.8, 4) is 0 Å². The van der Waals surface area contributed by atoms with E-state index in [1.807, 2.05) is 48.5 Å². The van der Waals surface area contributed by atoms with Crippen LogP contribution in [-0.2, 0) is 24.1 Å². The molecule has 0 fully saturated rings. The third kappa shape index (κ3) is 11.7. The Bertz CT molecular complexity index is 781. The molecule has 0 aromatic heterocycles. The lowest BCUT2D eigenvalue weighted by Gasteiger charge is -2.05. The summed E-state index contributed by atoms with van der Waals surface area (Å²) in [6.45, 7) is 17.5. The normalized spacial score (nSPS) is 14.3. The van der Waals surface area contributed by atoms with E-state index in [9.17, 15) is 9.59 Å². The Morgan fingerprint density at radius 2 is 0.933 bits per heavy atom. The second kappa shape index (κ2) is 11.2. The van der Waals surface area contributed by atoms with Crippen molar-refractivity contribution in [3.05, 3.63) is 70.8 Å². The van der Waals surface area contributed by atoms with Gasteiger partial charge in [0.2, 0.25) is 0 Å². The van der Waals surface area contributed by atoms with Gasteiger partial charge in [0.1, 0.15) is 5.78 Å². The Labute approximate surface area is 184 Å². The van der Waals surface area contributed by atoms with Gasteiger partial charge >= 0.3 is 0 Å². The van der Waals surface area contributed by atoms with Crippen LogP contribution in [0.2, 0.25) is 0 Å². The molecule has 30 heavy (non-hydrogen) atoms. The minimum Gasteiger partial charge on any atom is -0.299 e. The molecule has 0 atom stereocenters. The molecule has 2 heteroatoms. The maximum atomic E-state index is 11.1. The zero-order chi connectivity index (χ0) is 22.9. The second-order valence-corrected chi connectivity index (χ2v) is 11.2. The molecule has 0 saturated heterocycles. The first kappa shape index (κ1) is 25.8. The van der Waals surface area contributed by atoms with Crippen LogP contribution in [0, 0.1) is 10.8 Å². The highest BCUT2D eigenvalue weighted by molar-refractivity contribution is 6.00. The van der Waals surface area contributed by atoms with E-state index in [-0.39, 0.29) is 0 Å². The summed E-state index contributed by atoms with van der Waals surface area (Å²) in [7, 11) is 0. The number of benzene rings is 2. The molecule has 2 aliphatic rings. The molecule has 4 rings (SSSR count). The Balaban J connectivity index is 0.000000213. The lowest BCUT2D eigenvalue weighted by molar-refractivity contribution is -0.117. The van der Waals surface area contributed by atoms with Crippen LogP contribution in [-0.4, -0.2) is 11.6 Å². The van der Waals surface area contributed by atoms with Crippen LogP contribution in [0.25, 0.3) is 0 Å². The summed E-state index contributed by atoms with van der Waals surface area (Å²) in [5.41, 5.74) is 5.58. The molecular formula is C28H40O2. The average Bonchev–Trinajstić information content (AvgIpc) is 3.15. The van der Waals surface area contributed by atoms with Crippen LogP contribution in [0.4, 0.5) is 0 Å². The molecule has 2 aliphatic carbocycles. The highest BCUT2D eigenvalue weighted by atomic mass is 16.1. The van der Waals surface area contributed by atoms with Crippen LogP contribution in [0.1, 0.15) is 88.9 Å². The first-order valence-electron chi connectivity index (χ1n) is 10.9. The summed E-state index contributed by atoms with van der Waals surface area (Å²) >= 11 is 0. The van der Waals surface area contributed by atoms with Crippen LogP contribution >= 0.6 is 0 Å². The van der Waals surface area contributed by atoms with E-state index in [4.69, 9.17) is 0 Å². The fraction of sp³-hybridized carbons (Fsp3) is 0.500. The van der Waals surface area contributed by atoms with Crippen molar-refractivity contribution >= 4 is 11.6 Å². The van der Waals surface area contributed by atoms with E-state index in [2.05, 4.69) is 55.4 Å². The molecule has 164 valence electrons. The van der Waals surface area contributed by atoms with Gasteiger partial charge in [-0.2, -0.15) is 0 Å². The molecule has 0 bridgehead atoms. The minimum absolute atomic E-state index is 0.301. The Morgan fingerprint density at radius 1 is 0.567 bits per heavy atom. The number of hydrogen-bond donors (Lipinski definition) is 0. The zero-order valence-electron chi connectivity index (χ0n) is 20.3. The highest BCUT2D eigenvalue weighted by Gasteiger charge is 2.17. The lowest BCUT2D eigenvalue weighted by Crippen LogP contribution is -1.93. The van der Waals surface area contributed by atoms with Crippen molar-refractivity contribution < 1.29 is 9.59 Å². The van der Waals surface area contributed by atoms with Crippen molar-refractivity contribution in [1.29, 1.82) is 0 Å². The first-order chi connectivity index (χ1) is 13.7. The van der Waals surface area contributed by atoms with Gasteiger partial charge in [0, 0.05) is 24.8 Å². The summed E-state index contributed by atoms with van der Waals surface area (Å²) in [6, 6.07) is 15.9. The molecule has 2 aromatic carbocycles. The van der Waals surface area contributed by atoms with Crippen molar-refractivity contribution in [2.24, 2.45) is 10.8 Å². The standard InChI is InChI=1S/2C9H8O.2C5H12/c10-9-5-7-3-1-2-4-8(7)6-9;10-9-6-5-7-3-1-2-4-8(7)9;2*1-5(2,3)4/h2*1-4H,5-6H2;2*1-4H3. The lowest BCUT2D eigenvalue weighted by atomic mass is 10.0. The van der Waals surface area contributed by atoms with Crippen LogP contribution in [0.3, 0.4) is 0 Å². The number of carbonyl (C=O) groups is 2. The Kier molecular flexibility index (Phi) is 9.68. The minimum atomic E-state index is 0.301. The second-order valence-electron chi connectivity index (χ2n) is 11.2. The fourth-order valence-electron chi connectivity index (χ4n) is 2.78. The van der Waals surface area contributed by atoms with Gasteiger partial charge in [0.15, 0.2) is 5.78 Å². The van der Waals surface area contributed by atoms with Crippen molar-refractivity contribution in [3.63, 3.8) is 0 Å². The third-order valence-electron chi connectivity index (χ3n) is 3.83. The number of rotatable bonds is 0. The fourth-order valence-corrected chi connectivity index (χ4v) is 2.78. The molecule has 0 N–H and O–H groups in total. The quantitative estimate of drug-likeness (QED) is 0.459. The number of hydrogen-bond acceptors (Lipinski definition) is 2. The summed E-state index contributed by atoms with van der Waals surface area (Å²) in [5, 5.41) is 0. The van der Waals surface area contributed by atoms with E-state index in [1.54, 1.807) is 0 Å². The average molecular weight is 409 g/mol. The van der Waals surface area contributed by atoms with Crippen molar-refractivity contribution in [2.75, 3.05) is 0 Å². The molecule has 0 radical (unpaired) electrons. The number of ketones is 2. The van der Waals surface area contributed by atoms with Gasteiger partial charge in [-0.3, -0.25) is 9.59 Å². The SMILES string of the molecule is CC(C)(C)C.CC(C)(C)C.O=C1CCc2ccccc21.O=C1Cc2ccccc2C1. The predicted octanol–water partition coefficient (Wildman–Crippen LogP) is 7.27. The Morgan fingerprint density at radius 3 is 1.33 bits per heavy atom. The summed E-state index contributed by atoms with van der Waals surface area (Å²) in [5.74, 6) is 0.650. The zero-order valence-corrected chi connectivity index (χ0v) is 20.3. The molecule has 0 saturated carbocycles. The van der Waals surface area contributed by atoms with Gasteiger partial charge in [-0.05, 0) is 33.9 Å². The number of fused-ring (bicyclic) bond motifs is 2.